The van der Waals surface area contributed by atoms with Crippen LogP contribution in [0.15, 0.2) is 35.4 Å². The number of fused-ring (bicyclic) bond motifs is 1. The summed E-state index contributed by atoms with van der Waals surface area (Å²) in [6.45, 7) is 7.84. The Hall–Kier alpha value is -2.47. The number of hydrogen-bond acceptors (Lipinski definition) is 5. The average molecular weight is 313 g/mol. The predicted molar refractivity (Wildman–Crippen MR) is 87.1 cm³/mol. The van der Waals surface area contributed by atoms with Crippen molar-refractivity contribution in [3.8, 4) is 10.6 Å². The van der Waals surface area contributed by atoms with Gasteiger partial charge in [0.05, 0.1) is 27.2 Å². The third-order valence-corrected chi connectivity index (χ3v) is 4.28. The molecule has 0 aromatic carbocycles. The Bertz CT molecular complexity index is 864. The molecule has 0 unspecified atom stereocenters. The number of carbonyl (C=O) groups excluding carboxylic acids is 1. The Morgan fingerprint density at radius 2 is 2.27 bits per heavy atom. The fourth-order valence-electron chi connectivity index (χ4n) is 2.23. The molecule has 0 saturated carbocycles. The van der Waals surface area contributed by atoms with Crippen LogP contribution in [0.3, 0.4) is 0 Å². The van der Waals surface area contributed by atoms with E-state index in [1.54, 1.807) is 30.4 Å². The Balaban J connectivity index is 2.17. The number of hydrogen-bond donors (Lipinski definition) is 1. The van der Waals surface area contributed by atoms with E-state index in [4.69, 9.17) is 4.52 Å². The first-order valence-electron chi connectivity index (χ1n) is 6.83. The molecule has 0 atom stereocenters. The lowest BCUT2D eigenvalue weighted by molar-refractivity contribution is 0.0959. The number of carbonyl (C=O) groups is 1. The summed E-state index contributed by atoms with van der Waals surface area (Å²) in [5.74, 6) is -0.187. The maximum atomic E-state index is 12.4. The van der Waals surface area contributed by atoms with Gasteiger partial charge in [-0.05, 0) is 32.0 Å². The van der Waals surface area contributed by atoms with Crippen LogP contribution < -0.4 is 5.32 Å². The topological polar surface area (TPSA) is 68.0 Å². The summed E-state index contributed by atoms with van der Waals surface area (Å²) in [6, 6.07) is 5.80. The zero-order valence-corrected chi connectivity index (χ0v) is 13.2. The number of nitrogens with zero attached hydrogens (tertiary/aromatic N) is 2. The van der Waals surface area contributed by atoms with Gasteiger partial charge in [-0.1, -0.05) is 11.2 Å². The van der Waals surface area contributed by atoms with Crippen molar-refractivity contribution in [1.29, 1.82) is 0 Å². The zero-order chi connectivity index (χ0) is 15.7. The van der Waals surface area contributed by atoms with Gasteiger partial charge in [-0.2, -0.15) is 0 Å². The standard InChI is InChI=1S/C16H15N3O2S/c1-4-7-17-15(20)11-8-12(13-6-5-9(2)22-13)18-16-14(11)10(3)19-21-16/h4-6,8H,1,7H2,2-3H3,(H,17,20). The Morgan fingerprint density at radius 3 is 2.95 bits per heavy atom. The number of aromatic nitrogens is 2. The smallest absolute Gasteiger partial charge is 0.259 e. The van der Waals surface area contributed by atoms with Gasteiger partial charge in [0.15, 0.2) is 0 Å². The van der Waals surface area contributed by atoms with E-state index in [1.807, 2.05) is 19.1 Å². The molecule has 1 amide bonds. The van der Waals surface area contributed by atoms with E-state index in [9.17, 15) is 4.79 Å². The first-order valence-corrected chi connectivity index (χ1v) is 7.64. The fraction of sp³-hybridized carbons (Fsp3) is 0.188. The lowest BCUT2D eigenvalue weighted by Gasteiger charge is -2.06. The second-order valence-corrected chi connectivity index (χ2v) is 6.20. The largest absolute Gasteiger partial charge is 0.349 e. The summed E-state index contributed by atoms with van der Waals surface area (Å²) in [4.78, 5) is 19.1. The predicted octanol–water partition coefficient (Wildman–Crippen LogP) is 3.48. The van der Waals surface area contributed by atoms with Crippen molar-refractivity contribution < 1.29 is 9.32 Å². The molecule has 6 heteroatoms. The molecule has 112 valence electrons. The normalized spacial score (nSPS) is 10.8. The maximum Gasteiger partial charge on any atom is 0.259 e. The van der Waals surface area contributed by atoms with Crippen LogP contribution >= 0.6 is 11.3 Å². The van der Waals surface area contributed by atoms with E-state index in [1.165, 1.54) is 4.88 Å². The fourth-order valence-corrected chi connectivity index (χ4v) is 3.06. The van der Waals surface area contributed by atoms with Crippen LogP contribution in [0.5, 0.6) is 0 Å². The molecule has 5 nitrogen and oxygen atoms in total. The Kier molecular flexibility index (Phi) is 3.77. The van der Waals surface area contributed by atoms with Crippen molar-refractivity contribution in [3.05, 3.63) is 47.0 Å². The molecule has 3 rings (SSSR count). The SMILES string of the molecule is C=CCNC(=O)c1cc(-c2ccc(C)s2)nc2onc(C)c12. The minimum Gasteiger partial charge on any atom is -0.349 e. The Morgan fingerprint density at radius 1 is 1.45 bits per heavy atom. The second-order valence-electron chi connectivity index (χ2n) is 4.91. The van der Waals surface area contributed by atoms with Gasteiger partial charge < -0.3 is 9.84 Å². The number of amides is 1. The molecule has 0 saturated heterocycles. The van der Waals surface area contributed by atoms with Gasteiger partial charge in [-0.3, -0.25) is 4.79 Å². The highest BCUT2D eigenvalue weighted by Gasteiger charge is 2.19. The summed E-state index contributed by atoms with van der Waals surface area (Å²) >= 11 is 1.62. The van der Waals surface area contributed by atoms with Crippen LogP contribution in [0.4, 0.5) is 0 Å². The molecule has 0 spiro atoms. The summed E-state index contributed by atoms with van der Waals surface area (Å²) in [7, 11) is 0. The average Bonchev–Trinajstić information content (AvgIpc) is 3.10. The van der Waals surface area contributed by atoms with E-state index < -0.39 is 0 Å². The van der Waals surface area contributed by atoms with Gasteiger partial charge in [0, 0.05) is 11.4 Å². The number of thiophene rings is 1. The van der Waals surface area contributed by atoms with E-state index >= 15 is 0 Å². The lowest BCUT2D eigenvalue weighted by Crippen LogP contribution is -2.23. The van der Waals surface area contributed by atoms with E-state index in [2.05, 4.69) is 22.0 Å². The summed E-state index contributed by atoms with van der Waals surface area (Å²) in [5, 5.41) is 7.37. The third kappa shape index (κ3) is 2.53. The van der Waals surface area contributed by atoms with E-state index in [0.717, 1.165) is 4.88 Å². The van der Waals surface area contributed by atoms with Gasteiger partial charge in [0.2, 0.25) is 0 Å². The zero-order valence-electron chi connectivity index (χ0n) is 12.3. The molecule has 0 fully saturated rings. The first-order chi connectivity index (χ1) is 10.6. The molecule has 1 N–H and O–H groups in total. The van der Waals surface area contributed by atoms with Gasteiger partial charge in [0.1, 0.15) is 0 Å². The second kappa shape index (κ2) is 5.73. The van der Waals surface area contributed by atoms with Crippen molar-refractivity contribution >= 4 is 28.3 Å². The number of nitrogens with one attached hydrogen (secondary N) is 1. The molecule has 3 aromatic rings. The van der Waals surface area contributed by atoms with Gasteiger partial charge in [-0.15, -0.1) is 17.9 Å². The third-order valence-electron chi connectivity index (χ3n) is 3.26. The van der Waals surface area contributed by atoms with Crippen LogP contribution in [0.25, 0.3) is 21.7 Å². The molecule has 0 radical (unpaired) electrons. The molecular weight excluding hydrogens is 298 g/mol. The number of pyridine rings is 1. The first kappa shape index (κ1) is 14.5. The lowest BCUT2D eigenvalue weighted by atomic mass is 10.1. The number of aryl methyl sites for hydroxylation is 2. The number of rotatable bonds is 4. The van der Waals surface area contributed by atoms with Gasteiger partial charge in [0.25, 0.3) is 11.6 Å². The highest BCUT2D eigenvalue weighted by Crippen LogP contribution is 2.30. The monoisotopic (exact) mass is 313 g/mol. The minimum absolute atomic E-state index is 0.187. The summed E-state index contributed by atoms with van der Waals surface area (Å²) < 4.78 is 5.26. The van der Waals surface area contributed by atoms with Crippen molar-refractivity contribution in [1.82, 2.24) is 15.5 Å². The highest BCUT2D eigenvalue weighted by molar-refractivity contribution is 7.15. The van der Waals surface area contributed by atoms with Crippen LogP contribution in [-0.4, -0.2) is 22.6 Å². The molecule has 3 heterocycles. The summed E-state index contributed by atoms with van der Waals surface area (Å²) in [5.41, 5.74) is 2.27. The molecule has 0 aliphatic heterocycles. The molecule has 0 aliphatic rings. The molecule has 22 heavy (non-hydrogen) atoms. The quantitative estimate of drug-likeness (QED) is 0.749. The van der Waals surface area contributed by atoms with Crippen molar-refractivity contribution in [3.63, 3.8) is 0 Å². The molecular formula is C16H15N3O2S. The van der Waals surface area contributed by atoms with Crippen molar-refractivity contribution in [2.24, 2.45) is 0 Å². The van der Waals surface area contributed by atoms with Crippen molar-refractivity contribution in [2.45, 2.75) is 13.8 Å². The molecule has 3 aromatic heterocycles. The Labute approximate surface area is 131 Å². The van der Waals surface area contributed by atoms with E-state index in [0.29, 0.717) is 34.6 Å². The van der Waals surface area contributed by atoms with Gasteiger partial charge in [-0.25, -0.2) is 4.98 Å². The van der Waals surface area contributed by atoms with Crippen LogP contribution in [0, 0.1) is 13.8 Å². The van der Waals surface area contributed by atoms with Crippen molar-refractivity contribution in [2.75, 3.05) is 6.54 Å². The van der Waals surface area contributed by atoms with Gasteiger partial charge >= 0.3 is 0 Å². The molecule has 0 bridgehead atoms. The van der Waals surface area contributed by atoms with Crippen LogP contribution in [0.2, 0.25) is 0 Å². The van der Waals surface area contributed by atoms with E-state index in [-0.39, 0.29) is 5.91 Å². The summed E-state index contributed by atoms with van der Waals surface area (Å²) in [6.07, 6.45) is 1.64. The van der Waals surface area contributed by atoms with Crippen LogP contribution in [0.1, 0.15) is 20.9 Å². The highest BCUT2D eigenvalue weighted by atomic mass is 32.1. The van der Waals surface area contributed by atoms with Crippen LogP contribution in [-0.2, 0) is 0 Å². The molecule has 0 aliphatic carbocycles. The maximum absolute atomic E-state index is 12.4. The minimum atomic E-state index is -0.187.